The highest BCUT2D eigenvalue weighted by molar-refractivity contribution is 5.92. The number of carbonyl (C=O) groups is 1. The van der Waals surface area contributed by atoms with E-state index in [2.05, 4.69) is 20.6 Å². The molecule has 1 amide bonds. The number of para-hydroxylation sites is 1. The number of aromatic nitrogens is 2. The van der Waals surface area contributed by atoms with Crippen LogP contribution in [0.3, 0.4) is 0 Å². The lowest BCUT2D eigenvalue weighted by Crippen LogP contribution is -2.27. The van der Waals surface area contributed by atoms with Gasteiger partial charge in [-0.2, -0.15) is 0 Å². The third-order valence-electron chi connectivity index (χ3n) is 3.20. The van der Waals surface area contributed by atoms with Gasteiger partial charge in [-0.05, 0) is 31.0 Å². The molecule has 0 atom stereocenters. The number of carbonyl (C=O) groups excluding carboxylic acids is 1. The van der Waals surface area contributed by atoms with Crippen LogP contribution in [0.5, 0.6) is 0 Å². The van der Waals surface area contributed by atoms with E-state index in [-0.39, 0.29) is 5.91 Å². The number of hydrogen-bond donors (Lipinski definition) is 2. The fourth-order valence-corrected chi connectivity index (χ4v) is 2.03. The van der Waals surface area contributed by atoms with E-state index < -0.39 is 0 Å². The van der Waals surface area contributed by atoms with Gasteiger partial charge in [-0.1, -0.05) is 18.2 Å². The molecule has 2 N–H and O–H groups in total. The van der Waals surface area contributed by atoms with Crippen molar-refractivity contribution >= 4 is 17.5 Å². The summed E-state index contributed by atoms with van der Waals surface area (Å²) in [6.45, 7) is 4.93. The summed E-state index contributed by atoms with van der Waals surface area (Å²) in [5.74, 6) is 0.154. The third kappa shape index (κ3) is 4.02. The molecule has 6 nitrogen and oxygen atoms in total. The average Bonchev–Trinajstić information content (AvgIpc) is 2.51. The van der Waals surface area contributed by atoms with Crippen molar-refractivity contribution in [3.05, 3.63) is 47.3 Å². The first-order valence-corrected chi connectivity index (χ1v) is 7.05. The summed E-state index contributed by atoms with van der Waals surface area (Å²) < 4.78 is 4.90. The molecular formula is C16H20N4O2. The Morgan fingerprint density at radius 1 is 1.23 bits per heavy atom. The highest BCUT2D eigenvalue weighted by atomic mass is 16.5. The van der Waals surface area contributed by atoms with Crippen molar-refractivity contribution in [1.82, 2.24) is 15.3 Å². The van der Waals surface area contributed by atoms with E-state index >= 15 is 0 Å². The molecule has 2 rings (SSSR count). The second-order valence-electron chi connectivity index (χ2n) is 4.91. The first-order valence-electron chi connectivity index (χ1n) is 7.05. The summed E-state index contributed by atoms with van der Waals surface area (Å²) in [6, 6.07) is 7.60. The Kier molecular flexibility index (Phi) is 5.43. The van der Waals surface area contributed by atoms with Crippen LogP contribution in [0.2, 0.25) is 0 Å². The predicted molar refractivity (Wildman–Crippen MR) is 85.4 cm³/mol. The molecule has 1 heterocycles. The van der Waals surface area contributed by atoms with Gasteiger partial charge in [-0.25, -0.2) is 9.97 Å². The molecule has 1 aromatic carbocycles. The maximum absolute atomic E-state index is 12.0. The zero-order valence-corrected chi connectivity index (χ0v) is 13.0. The molecule has 0 saturated heterocycles. The molecule has 0 spiro atoms. The Balaban J connectivity index is 2.13. The van der Waals surface area contributed by atoms with Crippen LogP contribution in [-0.2, 0) is 4.74 Å². The number of methoxy groups -OCH3 is 1. The summed E-state index contributed by atoms with van der Waals surface area (Å²) in [5, 5.41) is 5.91. The van der Waals surface area contributed by atoms with Crippen LogP contribution in [-0.4, -0.2) is 36.1 Å². The van der Waals surface area contributed by atoms with Crippen LogP contribution in [0.25, 0.3) is 0 Å². The van der Waals surface area contributed by atoms with Gasteiger partial charge in [0.2, 0.25) is 5.95 Å². The Morgan fingerprint density at radius 3 is 2.64 bits per heavy atom. The summed E-state index contributed by atoms with van der Waals surface area (Å²) in [6.07, 6.45) is 1.56. The zero-order valence-electron chi connectivity index (χ0n) is 13.0. The largest absolute Gasteiger partial charge is 0.383 e. The fraction of sp³-hybridized carbons (Fsp3) is 0.312. The lowest BCUT2D eigenvalue weighted by molar-refractivity contribution is 0.0932. The number of rotatable bonds is 6. The molecule has 0 radical (unpaired) electrons. The molecule has 0 saturated carbocycles. The molecule has 6 heteroatoms. The van der Waals surface area contributed by atoms with Crippen LogP contribution >= 0.6 is 0 Å². The molecule has 0 aliphatic carbocycles. The summed E-state index contributed by atoms with van der Waals surface area (Å²) in [7, 11) is 1.59. The number of nitrogens with one attached hydrogen (secondary N) is 2. The number of benzene rings is 1. The van der Waals surface area contributed by atoms with Crippen molar-refractivity contribution in [2.45, 2.75) is 13.8 Å². The Morgan fingerprint density at radius 2 is 1.95 bits per heavy atom. The second kappa shape index (κ2) is 7.51. The van der Waals surface area contributed by atoms with Crippen molar-refractivity contribution in [2.75, 3.05) is 25.6 Å². The molecule has 0 aliphatic rings. The number of amides is 1. The van der Waals surface area contributed by atoms with Crippen molar-refractivity contribution in [3.8, 4) is 0 Å². The average molecular weight is 300 g/mol. The number of ether oxygens (including phenoxy) is 1. The lowest BCUT2D eigenvalue weighted by atomic mass is 10.1. The van der Waals surface area contributed by atoms with Crippen LogP contribution in [0, 0.1) is 13.8 Å². The number of nitrogens with zero attached hydrogens (tertiary/aromatic N) is 2. The summed E-state index contributed by atoms with van der Waals surface area (Å²) >= 11 is 0. The molecule has 0 bridgehead atoms. The minimum atomic E-state index is -0.246. The van der Waals surface area contributed by atoms with Crippen molar-refractivity contribution in [1.29, 1.82) is 0 Å². The Bertz CT molecular complexity index is 638. The van der Waals surface area contributed by atoms with Crippen LogP contribution in [0.15, 0.2) is 30.5 Å². The molecule has 22 heavy (non-hydrogen) atoms. The quantitative estimate of drug-likeness (QED) is 0.800. The smallest absolute Gasteiger partial charge is 0.270 e. The van der Waals surface area contributed by atoms with Gasteiger partial charge in [0, 0.05) is 25.5 Å². The van der Waals surface area contributed by atoms with E-state index in [9.17, 15) is 4.79 Å². The van der Waals surface area contributed by atoms with Gasteiger partial charge >= 0.3 is 0 Å². The van der Waals surface area contributed by atoms with E-state index in [0.29, 0.717) is 24.8 Å². The molecule has 2 aromatic rings. The topological polar surface area (TPSA) is 76.1 Å². The normalized spacial score (nSPS) is 10.3. The summed E-state index contributed by atoms with van der Waals surface area (Å²) in [4.78, 5) is 20.4. The maximum atomic E-state index is 12.0. The minimum absolute atomic E-state index is 0.246. The van der Waals surface area contributed by atoms with Gasteiger partial charge in [0.1, 0.15) is 5.69 Å². The lowest BCUT2D eigenvalue weighted by Gasteiger charge is -2.11. The van der Waals surface area contributed by atoms with E-state index in [0.717, 1.165) is 16.8 Å². The minimum Gasteiger partial charge on any atom is -0.383 e. The van der Waals surface area contributed by atoms with Crippen LogP contribution in [0.1, 0.15) is 21.6 Å². The molecule has 116 valence electrons. The zero-order chi connectivity index (χ0) is 15.9. The first-order chi connectivity index (χ1) is 10.6. The monoisotopic (exact) mass is 300 g/mol. The number of hydrogen-bond acceptors (Lipinski definition) is 5. The highest BCUT2D eigenvalue weighted by Crippen LogP contribution is 2.22. The van der Waals surface area contributed by atoms with E-state index in [4.69, 9.17) is 4.74 Å². The molecule has 0 unspecified atom stereocenters. The van der Waals surface area contributed by atoms with Gasteiger partial charge in [0.25, 0.3) is 5.91 Å². The number of aryl methyl sites for hydroxylation is 2. The molecule has 1 aromatic heterocycles. The standard InChI is InChI=1S/C16H20N4O2/c1-11-5-4-6-12(2)14(11)20-16-18-8-7-13(19-16)15(21)17-9-10-22-3/h4-8H,9-10H2,1-3H3,(H,17,21)(H,18,19,20). The van der Waals surface area contributed by atoms with E-state index in [1.165, 1.54) is 0 Å². The van der Waals surface area contributed by atoms with Gasteiger partial charge in [-0.15, -0.1) is 0 Å². The predicted octanol–water partition coefficient (Wildman–Crippen LogP) is 2.21. The van der Waals surface area contributed by atoms with E-state index in [1.807, 2.05) is 32.0 Å². The van der Waals surface area contributed by atoms with Crippen LogP contribution < -0.4 is 10.6 Å². The maximum Gasteiger partial charge on any atom is 0.270 e. The van der Waals surface area contributed by atoms with E-state index in [1.54, 1.807) is 19.4 Å². The van der Waals surface area contributed by atoms with Gasteiger partial charge in [-0.3, -0.25) is 4.79 Å². The van der Waals surface area contributed by atoms with Gasteiger partial charge < -0.3 is 15.4 Å². The molecule has 0 aliphatic heterocycles. The Labute approximate surface area is 129 Å². The molecular weight excluding hydrogens is 280 g/mol. The third-order valence-corrected chi connectivity index (χ3v) is 3.20. The summed E-state index contributed by atoms with van der Waals surface area (Å²) in [5.41, 5.74) is 3.47. The van der Waals surface area contributed by atoms with Crippen molar-refractivity contribution in [3.63, 3.8) is 0 Å². The van der Waals surface area contributed by atoms with Crippen LogP contribution in [0.4, 0.5) is 11.6 Å². The Hall–Kier alpha value is -2.47. The first kappa shape index (κ1) is 15.9. The molecule has 0 fully saturated rings. The van der Waals surface area contributed by atoms with Gasteiger partial charge in [0.15, 0.2) is 0 Å². The number of anilines is 2. The fourth-order valence-electron chi connectivity index (χ4n) is 2.03. The highest BCUT2D eigenvalue weighted by Gasteiger charge is 2.09. The van der Waals surface area contributed by atoms with Crippen molar-refractivity contribution < 1.29 is 9.53 Å². The second-order valence-corrected chi connectivity index (χ2v) is 4.91. The SMILES string of the molecule is COCCNC(=O)c1ccnc(Nc2c(C)cccc2C)n1. The van der Waals surface area contributed by atoms with Gasteiger partial charge in [0.05, 0.1) is 6.61 Å². The van der Waals surface area contributed by atoms with Crippen molar-refractivity contribution in [2.24, 2.45) is 0 Å².